The minimum atomic E-state index is -1.12. The Hall–Kier alpha value is -2.30. The van der Waals surface area contributed by atoms with Crippen LogP contribution in [0.3, 0.4) is 0 Å². The molecule has 5 heteroatoms. The first-order chi connectivity index (χ1) is 8.04. The molecule has 88 valence electrons. The second kappa shape index (κ2) is 3.93. The highest BCUT2D eigenvalue weighted by Crippen LogP contribution is 2.18. The van der Waals surface area contributed by atoms with Gasteiger partial charge in [-0.3, -0.25) is 4.79 Å². The lowest BCUT2D eigenvalue weighted by Crippen LogP contribution is -2.15. The Morgan fingerprint density at radius 3 is 2.65 bits per heavy atom. The van der Waals surface area contributed by atoms with Crippen LogP contribution in [-0.2, 0) is 7.05 Å². The van der Waals surface area contributed by atoms with Gasteiger partial charge in [0, 0.05) is 18.5 Å². The van der Waals surface area contributed by atoms with Crippen LogP contribution in [0.2, 0.25) is 0 Å². The zero-order valence-corrected chi connectivity index (χ0v) is 9.43. The summed E-state index contributed by atoms with van der Waals surface area (Å²) in [5, 5.41) is 9.41. The Bertz CT molecular complexity index is 657. The van der Waals surface area contributed by atoms with Crippen molar-refractivity contribution in [2.24, 2.45) is 7.05 Å². The lowest BCUT2D eigenvalue weighted by Gasteiger charge is -2.09. The van der Waals surface area contributed by atoms with Crippen LogP contribution in [-0.4, -0.2) is 22.8 Å². The van der Waals surface area contributed by atoms with E-state index < -0.39 is 5.97 Å². The molecular weight excluding hydrogens is 222 g/mol. The quantitative estimate of drug-likeness (QED) is 0.847. The zero-order chi connectivity index (χ0) is 12.6. The van der Waals surface area contributed by atoms with Crippen molar-refractivity contribution < 1.29 is 14.6 Å². The van der Waals surface area contributed by atoms with Crippen molar-refractivity contribution in [3.8, 4) is 5.75 Å². The largest absolute Gasteiger partial charge is 0.497 e. The molecule has 5 nitrogen and oxygen atoms in total. The van der Waals surface area contributed by atoms with Crippen molar-refractivity contribution in [1.29, 1.82) is 0 Å². The van der Waals surface area contributed by atoms with Gasteiger partial charge in [0.1, 0.15) is 11.4 Å². The first-order valence-electron chi connectivity index (χ1n) is 4.95. The van der Waals surface area contributed by atoms with Gasteiger partial charge in [-0.15, -0.1) is 0 Å². The summed E-state index contributed by atoms with van der Waals surface area (Å²) in [5.74, 6) is -0.556. The molecule has 1 aromatic heterocycles. The second-order valence-electron chi connectivity index (χ2n) is 3.64. The molecule has 2 aromatic rings. The highest BCUT2D eigenvalue weighted by Gasteiger charge is 2.12. The Morgan fingerprint density at radius 2 is 2.06 bits per heavy atom. The molecule has 17 heavy (non-hydrogen) atoms. The lowest BCUT2D eigenvalue weighted by atomic mass is 10.1. The smallest absolute Gasteiger partial charge is 0.352 e. The molecule has 0 spiro atoms. The first-order valence-corrected chi connectivity index (χ1v) is 4.95. The van der Waals surface area contributed by atoms with E-state index >= 15 is 0 Å². The maximum absolute atomic E-state index is 11.8. The fourth-order valence-electron chi connectivity index (χ4n) is 1.77. The molecule has 2 rings (SSSR count). The molecule has 1 N–H and O–H groups in total. The summed E-state index contributed by atoms with van der Waals surface area (Å²) in [7, 11) is 3.12. The highest BCUT2D eigenvalue weighted by molar-refractivity contribution is 5.90. The Morgan fingerprint density at radius 1 is 1.35 bits per heavy atom. The summed E-state index contributed by atoms with van der Waals surface area (Å²) in [6.07, 6.45) is 0. The second-order valence-corrected chi connectivity index (χ2v) is 3.64. The number of aromatic nitrogens is 1. The van der Waals surface area contributed by atoms with Gasteiger partial charge < -0.3 is 14.4 Å². The van der Waals surface area contributed by atoms with E-state index in [0.717, 1.165) is 6.07 Å². The van der Waals surface area contributed by atoms with Crippen LogP contribution in [0.25, 0.3) is 10.9 Å². The normalized spacial score (nSPS) is 10.5. The summed E-state index contributed by atoms with van der Waals surface area (Å²) < 4.78 is 6.50. The van der Waals surface area contributed by atoms with Crippen LogP contribution in [0.1, 0.15) is 10.5 Å². The van der Waals surface area contributed by atoms with E-state index in [2.05, 4.69) is 0 Å². The molecule has 1 aromatic carbocycles. The SMILES string of the molecule is COc1ccc2c(c1)c(=O)cc(C(=O)O)n2C. The Kier molecular flexibility index (Phi) is 2.59. The molecule has 0 bridgehead atoms. The predicted molar refractivity (Wildman–Crippen MR) is 62.7 cm³/mol. The number of rotatable bonds is 2. The molecule has 0 aliphatic carbocycles. The number of carbonyl (C=O) groups is 1. The number of pyridine rings is 1. The topological polar surface area (TPSA) is 68.5 Å². The number of benzene rings is 1. The summed E-state index contributed by atoms with van der Waals surface area (Å²) in [5.41, 5.74) is 0.206. The number of carboxylic acids is 1. The number of fused-ring (bicyclic) bond motifs is 1. The van der Waals surface area contributed by atoms with Crippen LogP contribution in [0, 0.1) is 0 Å². The zero-order valence-electron chi connectivity index (χ0n) is 9.43. The standard InChI is InChI=1S/C12H11NO4/c1-13-9-4-3-7(17-2)5-8(9)11(14)6-10(13)12(15)16/h3-6H,1-2H3,(H,15,16). The van der Waals surface area contributed by atoms with Crippen LogP contribution in [0.4, 0.5) is 0 Å². The predicted octanol–water partition coefficient (Wildman–Crippen LogP) is 1.25. The molecule has 1 heterocycles. The van der Waals surface area contributed by atoms with Crippen LogP contribution in [0.15, 0.2) is 29.1 Å². The molecule has 0 radical (unpaired) electrons. The highest BCUT2D eigenvalue weighted by atomic mass is 16.5. The third-order valence-electron chi connectivity index (χ3n) is 2.68. The number of nitrogens with zero attached hydrogens (tertiary/aromatic N) is 1. The number of ether oxygens (including phenoxy) is 1. The maximum atomic E-state index is 11.8. The third kappa shape index (κ3) is 1.75. The van der Waals surface area contributed by atoms with Gasteiger partial charge in [-0.05, 0) is 18.2 Å². The fraction of sp³-hybridized carbons (Fsp3) is 0.167. The van der Waals surface area contributed by atoms with Crippen LogP contribution < -0.4 is 10.2 Å². The Balaban J connectivity index is 2.87. The molecule has 0 saturated heterocycles. The van der Waals surface area contributed by atoms with E-state index in [1.54, 1.807) is 25.2 Å². The molecule has 0 amide bonds. The van der Waals surface area contributed by atoms with Gasteiger partial charge in [0.05, 0.1) is 12.6 Å². The van der Waals surface area contributed by atoms with Gasteiger partial charge in [0.15, 0.2) is 5.43 Å². The van der Waals surface area contributed by atoms with E-state index in [1.165, 1.54) is 11.7 Å². The number of methoxy groups -OCH3 is 1. The minimum absolute atomic E-state index is 0.0346. The minimum Gasteiger partial charge on any atom is -0.497 e. The van der Waals surface area contributed by atoms with Crippen molar-refractivity contribution in [3.05, 3.63) is 40.2 Å². The average Bonchev–Trinajstić information content (AvgIpc) is 2.32. The first kappa shape index (κ1) is 11.2. The number of hydrogen-bond donors (Lipinski definition) is 1. The van der Waals surface area contributed by atoms with Crippen molar-refractivity contribution in [1.82, 2.24) is 4.57 Å². The number of aromatic carboxylic acids is 1. The Labute approximate surface area is 96.9 Å². The van der Waals surface area contributed by atoms with Gasteiger partial charge in [-0.25, -0.2) is 4.79 Å². The average molecular weight is 233 g/mol. The van der Waals surface area contributed by atoms with Gasteiger partial charge in [-0.2, -0.15) is 0 Å². The summed E-state index contributed by atoms with van der Waals surface area (Å²) in [6, 6.07) is 6.07. The van der Waals surface area contributed by atoms with E-state index in [9.17, 15) is 9.59 Å². The molecule has 0 aliphatic rings. The van der Waals surface area contributed by atoms with Crippen LogP contribution in [0.5, 0.6) is 5.75 Å². The summed E-state index contributed by atoms with van der Waals surface area (Å²) in [6.45, 7) is 0. The molecular formula is C12H11NO4. The van der Waals surface area contributed by atoms with E-state index in [0.29, 0.717) is 16.7 Å². The van der Waals surface area contributed by atoms with E-state index in [-0.39, 0.29) is 11.1 Å². The summed E-state index contributed by atoms with van der Waals surface area (Å²) in [4.78, 5) is 22.7. The summed E-state index contributed by atoms with van der Waals surface area (Å²) >= 11 is 0. The monoisotopic (exact) mass is 233 g/mol. The van der Waals surface area contributed by atoms with E-state index in [1.807, 2.05) is 0 Å². The van der Waals surface area contributed by atoms with Gasteiger partial charge in [0.25, 0.3) is 0 Å². The van der Waals surface area contributed by atoms with Crippen molar-refractivity contribution in [2.75, 3.05) is 7.11 Å². The van der Waals surface area contributed by atoms with Gasteiger partial charge in [0.2, 0.25) is 0 Å². The molecule has 0 saturated carbocycles. The third-order valence-corrected chi connectivity index (χ3v) is 2.68. The van der Waals surface area contributed by atoms with Gasteiger partial charge in [-0.1, -0.05) is 0 Å². The lowest BCUT2D eigenvalue weighted by molar-refractivity contribution is 0.0686. The van der Waals surface area contributed by atoms with Crippen molar-refractivity contribution >= 4 is 16.9 Å². The van der Waals surface area contributed by atoms with Crippen LogP contribution >= 0.6 is 0 Å². The maximum Gasteiger partial charge on any atom is 0.352 e. The molecule has 0 aliphatic heterocycles. The van der Waals surface area contributed by atoms with Crippen molar-refractivity contribution in [3.63, 3.8) is 0 Å². The van der Waals surface area contributed by atoms with E-state index in [4.69, 9.17) is 9.84 Å². The molecule has 0 unspecified atom stereocenters. The fourth-order valence-corrected chi connectivity index (χ4v) is 1.77. The van der Waals surface area contributed by atoms with Gasteiger partial charge >= 0.3 is 5.97 Å². The molecule has 0 atom stereocenters. The molecule has 0 fully saturated rings. The number of aryl methyl sites for hydroxylation is 1. The number of carboxylic acid groups (broad SMARTS) is 1. The number of hydrogen-bond acceptors (Lipinski definition) is 3. The van der Waals surface area contributed by atoms with Crippen molar-refractivity contribution in [2.45, 2.75) is 0 Å².